The first kappa shape index (κ1) is 16.4. The van der Waals surface area contributed by atoms with Gasteiger partial charge >= 0.3 is 5.97 Å². The van der Waals surface area contributed by atoms with E-state index in [9.17, 15) is 14.4 Å². The molecule has 2 aliphatic rings. The standard InChI is InChI=1S/C19H21NO4/c1-12(19(23)24-13(2)14-8-4-3-5-9-14)20-17(21)15-10-6-7-11-16(15)18(20)22/h3-9,12-13,15-16H,10-11H2,1-2H3. The van der Waals surface area contributed by atoms with Gasteiger partial charge in [0.2, 0.25) is 11.8 Å². The number of carbonyl (C=O) groups is 3. The summed E-state index contributed by atoms with van der Waals surface area (Å²) in [6.45, 7) is 3.33. The molecule has 1 heterocycles. The van der Waals surface area contributed by atoms with Crippen LogP contribution in [0.5, 0.6) is 0 Å². The van der Waals surface area contributed by atoms with E-state index in [1.807, 2.05) is 42.5 Å². The monoisotopic (exact) mass is 327 g/mol. The molecular weight excluding hydrogens is 306 g/mol. The summed E-state index contributed by atoms with van der Waals surface area (Å²) in [5.74, 6) is -1.73. The van der Waals surface area contributed by atoms with Gasteiger partial charge in [-0.15, -0.1) is 0 Å². The highest BCUT2D eigenvalue weighted by atomic mass is 16.5. The molecule has 4 unspecified atom stereocenters. The average molecular weight is 327 g/mol. The summed E-state index contributed by atoms with van der Waals surface area (Å²) >= 11 is 0. The minimum absolute atomic E-state index is 0.258. The molecule has 0 spiro atoms. The van der Waals surface area contributed by atoms with Crippen LogP contribution in [0.1, 0.15) is 38.4 Å². The SMILES string of the molecule is CC(OC(=O)C(C)N1C(=O)C2CC=CCC2C1=O)c1ccccc1. The zero-order chi connectivity index (χ0) is 17.3. The van der Waals surface area contributed by atoms with Gasteiger partial charge in [-0.05, 0) is 32.3 Å². The van der Waals surface area contributed by atoms with Gasteiger partial charge < -0.3 is 4.74 Å². The highest BCUT2D eigenvalue weighted by Crippen LogP contribution is 2.36. The first-order chi connectivity index (χ1) is 11.5. The number of nitrogens with zero attached hydrogens (tertiary/aromatic N) is 1. The number of benzene rings is 1. The van der Waals surface area contributed by atoms with Crippen LogP contribution >= 0.6 is 0 Å². The molecular formula is C19H21NO4. The largest absolute Gasteiger partial charge is 0.456 e. The summed E-state index contributed by atoms with van der Waals surface area (Å²) in [4.78, 5) is 38.6. The molecule has 126 valence electrons. The van der Waals surface area contributed by atoms with Crippen molar-refractivity contribution in [1.82, 2.24) is 4.90 Å². The van der Waals surface area contributed by atoms with E-state index in [4.69, 9.17) is 4.74 Å². The molecule has 1 aromatic rings. The van der Waals surface area contributed by atoms with Crippen molar-refractivity contribution in [3.05, 3.63) is 48.0 Å². The lowest BCUT2D eigenvalue weighted by molar-refractivity contribution is -0.161. The van der Waals surface area contributed by atoms with Crippen LogP contribution in [0, 0.1) is 11.8 Å². The molecule has 0 N–H and O–H groups in total. The Bertz CT molecular complexity index is 656. The molecule has 0 radical (unpaired) electrons. The smallest absolute Gasteiger partial charge is 0.329 e. The molecule has 5 heteroatoms. The maximum absolute atomic E-state index is 12.5. The quantitative estimate of drug-likeness (QED) is 0.484. The molecule has 4 atom stereocenters. The van der Waals surface area contributed by atoms with Crippen molar-refractivity contribution in [2.24, 2.45) is 11.8 Å². The normalized spacial score (nSPS) is 25.3. The molecule has 1 aliphatic carbocycles. The van der Waals surface area contributed by atoms with Crippen molar-refractivity contribution in [2.45, 2.75) is 38.8 Å². The van der Waals surface area contributed by atoms with Gasteiger partial charge in [0, 0.05) is 0 Å². The number of likely N-dealkylation sites (tertiary alicyclic amines) is 1. The van der Waals surface area contributed by atoms with Gasteiger partial charge in [-0.1, -0.05) is 42.5 Å². The molecule has 0 aromatic heterocycles. The molecule has 0 saturated carbocycles. The van der Waals surface area contributed by atoms with Crippen molar-refractivity contribution < 1.29 is 19.1 Å². The first-order valence-electron chi connectivity index (χ1n) is 8.28. The summed E-state index contributed by atoms with van der Waals surface area (Å²) < 4.78 is 5.46. The van der Waals surface area contributed by atoms with Gasteiger partial charge in [0.05, 0.1) is 11.8 Å². The van der Waals surface area contributed by atoms with Crippen molar-refractivity contribution >= 4 is 17.8 Å². The minimum Gasteiger partial charge on any atom is -0.456 e. The summed E-state index contributed by atoms with van der Waals surface area (Å²) in [6.07, 6.45) is 4.55. The van der Waals surface area contributed by atoms with Gasteiger partial charge in [-0.25, -0.2) is 4.79 Å². The molecule has 2 amide bonds. The van der Waals surface area contributed by atoms with Crippen LogP contribution in [0.4, 0.5) is 0 Å². The lowest BCUT2D eigenvalue weighted by Crippen LogP contribution is -2.44. The van der Waals surface area contributed by atoms with Crippen molar-refractivity contribution in [1.29, 1.82) is 0 Å². The van der Waals surface area contributed by atoms with Gasteiger partial charge in [0.1, 0.15) is 12.1 Å². The molecule has 1 aromatic carbocycles. The Kier molecular flexibility index (Phi) is 4.51. The third kappa shape index (κ3) is 2.86. The molecule has 0 bridgehead atoms. The zero-order valence-corrected chi connectivity index (χ0v) is 13.8. The Morgan fingerprint density at radius 3 is 2.12 bits per heavy atom. The van der Waals surface area contributed by atoms with Crippen LogP contribution in [0.2, 0.25) is 0 Å². The fourth-order valence-electron chi connectivity index (χ4n) is 3.38. The van der Waals surface area contributed by atoms with E-state index in [1.54, 1.807) is 13.8 Å². The van der Waals surface area contributed by atoms with E-state index in [0.717, 1.165) is 10.5 Å². The number of esters is 1. The van der Waals surface area contributed by atoms with E-state index < -0.39 is 18.1 Å². The lowest BCUT2D eigenvalue weighted by atomic mass is 9.85. The predicted molar refractivity (Wildman–Crippen MR) is 87.6 cm³/mol. The highest BCUT2D eigenvalue weighted by molar-refractivity contribution is 6.08. The van der Waals surface area contributed by atoms with Crippen molar-refractivity contribution in [3.63, 3.8) is 0 Å². The summed E-state index contributed by atoms with van der Waals surface area (Å²) in [6, 6.07) is 8.46. The number of imide groups is 1. The van der Waals surface area contributed by atoms with E-state index in [-0.39, 0.29) is 23.7 Å². The highest BCUT2D eigenvalue weighted by Gasteiger charge is 2.50. The first-order valence-corrected chi connectivity index (χ1v) is 8.28. The summed E-state index contributed by atoms with van der Waals surface area (Å²) in [7, 11) is 0. The van der Waals surface area contributed by atoms with Gasteiger partial charge in [0.15, 0.2) is 0 Å². The second kappa shape index (κ2) is 6.59. The molecule has 24 heavy (non-hydrogen) atoms. The second-order valence-corrected chi connectivity index (χ2v) is 6.37. The Morgan fingerprint density at radius 1 is 1.04 bits per heavy atom. The van der Waals surface area contributed by atoms with Crippen molar-refractivity contribution in [2.75, 3.05) is 0 Å². The zero-order valence-electron chi connectivity index (χ0n) is 13.8. The van der Waals surface area contributed by atoms with E-state index in [1.165, 1.54) is 0 Å². The van der Waals surface area contributed by atoms with Crippen LogP contribution in [0.3, 0.4) is 0 Å². The number of carbonyl (C=O) groups excluding carboxylic acids is 3. The second-order valence-electron chi connectivity index (χ2n) is 6.37. The average Bonchev–Trinajstić information content (AvgIpc) is 2.86. The maximum atomic E-state index is 12.5. The number of hydrogen-bond donors (Lipinski definition) is 0. The molecule has 1 fully saturated rings. The fourth-order valence-corrected chi connectivity index (χ4v) is 3.38. The Balaban J connectivity index is 1.70. The molecule has 5 nitrogen and oxygen atoms in total. The van der Waals surface area contributed by atoms with E-state index in [0.29, 0.717) is 12.8 Å². The fraction of sp³-hybridized carbons (Fsp3) is 0.421. The Labute approximate surface area is 141 Å². The van der Waals surface area contributed by atoms with E-state index >= 15 is 0 Å². The van der Waals surface area contributed by atoms with E-state index in [2.05, 4.69) is 0 Å². The Hall–Kier alpha value is -2.43. The lowest BCUT2D eigenvalue weighted by Gasteiger charge is -2.23. The summed E-state index contributed by atoms with van der Waals surface area (Å²) in [5, 5.41) is 0. The number of allylic oxidation sites excluding steroid dienone is 2. The Morgan fingerprint density at radius 2 is 1.58 bits per heavy atom. The van der Waals surface area contributed by atoms with Gasteiger partial charge in [-0.2, -0.15) is 0 Å². The maximum Gasteiger partial charge on any atom is 0.329 e. The van der Waals surface area contributed by atoms with Crippen LogP contribution in [0.15, 0.2) is 42.5 Å². The third-order valence-electron chi connectivity index (χ3n) is 4.83. The number of amides is 2. The third-order valence-corrected chi connectivity index (χ3v) is 4.83. The van der Waals surface area contributed by atoms with Crippen molar-refractivity contribution in [3.8, 4) is 0 Å². The number of ether oxygens (including phenoxy) is 1. The summed E-state index contributed by atoms with van der Waals surface area (Å²) in [5.41, 5.74) is 0.870. The number of hydrogen-bond acceptors (Lipinski definition) is 4. The molecule has 1 saturated heterocycles. The van der Waals surface area contributed by atoms with Crippen LogP contribution in [-0.4, -0.2) is 28.7 Å². The number of rotatable bonds is 4. The van der Waals surface area contributed by atoms with Crippen LogP contribution in [-0.2, 0) is 19.1 Å². The van der Waals surface area contributed by atoms with Crippen LogP contribution < -0.4 is 0 Å². The van der Waals surface area contributed by atoms with Gasteiger partial charge in [-0.3, -0.25) is 14.5 Å². The molecule has 3 rings (SSSR count). The predicted octanol–water partition coefficient (Wildman–Crippen LogP) is 2.63. The minimum atomic E-state index is -0.901. The van der Waals surface area contributed by atoms with Gasteiger partial charge in [0.25, 0.3) is 0 Å². The number of fused-ring (bicyclic) bond motifs is 1. The van der Waals surface area contributed by atoms with Crippen LogP contribution in [0.25, 0.3) is 0 Å². The molecule has 1 aliphatic heterocycles. The topological polar surface area (TPSA) is 63.7 Å².